The van der Waals surface area contributed by atoms with Gasteiger partial charge in [-0.1, -0.05) is 17.2 Å². The Morgan fingerprint density at radius 1 is 0.347 bits per heavy atom. The Balaban J connectivity index is -0.000000719. The molecule has 0 saturated heterocycles. The SMILES string of the molecule is CCCOCCOCCOCCN=[N+]=[N-].OCCOCCOCCO.[N-]=[N+]=NCCOCCOCCOCCOCCOCCOCCO. The molecule has 0 aliphatic rings. The predicted molar refractivity (Wildman–Crippen MR) is 179 cm³/mol. The normalized spacial score (nSPS) is 10.4. The van der Waals surface area contributed by atoms with Crippen LogP contribution in [0.1, 0.15) is 13.3 Å². The van der Waals surface area contributed by atoms with Gasteiger partial charge in [0.05, 0.1) is 159 Å². The Labute approximate surface area is 290 Å². The first-order valence-electron chi connectivity index (χ1n) is 16.4. The highest BCUT2D eigenvalue weighted by Gasteiger charge is 1.94. The van der Waals surface area contributed by atoms with Gasteiger partial charge in [-0.3, -0.25) is 0 Å². The van der Waals surface area contributed by atoms with Crippen molar-refractivity contribution in [2.45, 2.75) is 13.3 Å². The second-order valence-electron chi connectivity index (χ2n) is 8.82. The van der Waals surface area contributed by atoms with Crippen LogP contribution in [0.3, 0.4) is 0 Å². The van der Waals surface area contributed by atoms with Crippen LogP contribution in [0.2, 0.25) is 0 Å². The molecule has 0 rings (SSSR count). The fraction of sp³-hybridized carbons (Fsp3) is 1.00. The zero-order valence-corrected chi connectivity index (χ0v) is 29.3. The Bertz CT molecular complexity index is 673. The summed E-state index contributed by atoms with van der Waals surface area (Å²) in [7, 11) is 0. The molecule has 0 aromatic rings. The number of azide groups is 2. The highest BCUT2D eigenvalue weighted by atomic mass is 16.6. The molecule has 49 heavy (non-hydrogen) atoms. The summed E-state index contributed by atoms with van der Waals surface area (Å²) in [6.07, 6.45) is 1.03. The number of ether oxygens (including phenoxy) is 11. The van der Waals surface area contributed by atoms with E-state index < -0.39 is 0 Å². The van der Waals surface area contributed by atoms with Gasteiger partial charge in [-0.15, -0.1) is 0 Å². The Kier molecular flexibility index (Phi) is 58.2. The molecule has 0 radical (unpaired) electrons. The van der Waals surface area contributed by atoms with Gasteiger partial charge >= 0.3 is 0 Å². The van der Waals surface area contributed by atoms with E-state index in [1.807, 2.05) is 0 Å². The molecular weight excluding hydrogens is 656 g/mol. The Morgan fingerprint density at radius 2 is 0.551 bits per heavy atom. The second kappa shape index (κ2) is 55.5. The van der Waals surface area contributed by atoms with Crippen LogP contribution in [0.25, 0.3) is 20.9 Å². The third kappa shape index (κ3) is 61.7. The van der Waals surface area contributed by atoms with Crippen molar-refractivity contribution >= 4 is 0 Å². The van der Waals surface area contributed by atoms with E-state index in [2.05, 4.69) is 27.0 Å². The molecule has 0 fully saturated rings. The first-order chi connectivity index (χ1) is 24.2. The van der Waals surface area contributed by atoms with Gasteiger partial charge in [0.25, 0.3) is 0 Å². The standard InChI is InChI=1S/C14H29N3O7.C9H19N3O3.C6H14O4/c15-17-16-1-3-19-5-7-21-9-11-23-13-14-24-12-10-22-8-6-20-4-2-18;1-2-4-13-6-8-15-9-7-14-5-3-11-12-10;7-1-3-9-5-6-10-4-2-8/h18H,1-14H2;2-9H2,1H3;7-8H,1-6H2. The molecule has 0 spiro atoms. The smallest absolute Gasteiger partial charge is 0.0701 e. The lowest BCUT2D eigenvalue weighted by Crippen LogP contribution is -2.14. The lowest BCUT2D eigenvalue weighted by atomic mass is 10.5. The van der Waals surface area contributed by atoms with Crippen molar-refractivity contribution in [1.29, 1.82) is 0 Å². The number of aliphatic hydroxyl groups excluding tert-OH is 3. The molecule has 0 heterocycles. The van der Waals surface area contributed by atoms with E-state index >= 15 is 0 Å². The summed E-state index contributed by atoms with van der Waals surface area (Å²) < 4.78 is 56.8. The van der Waals surface area contributed by atoms with Gasteiger partial charge in [0, 0.05) is 29.5 Å². The summed E-state index contributed by atoms with van der Waals surface area (Å²) in [4.78, 5) is 5.23. The first kappa shape index (κ1) is 51.4. The van der Waals surface area contributed by atoms with Crippen molar-refractivity contribution in [1.82, 2.24) is 0 Å². The molecular formula is C29H62N6O14. The number of nitrogens with zero attached hydrogens (tertiary/aromatic N) is 6. The van der Waals surface area contributed by atoms with Crippen molar-refractivity contribution in [3.63, 3.8) is 0 Å². The second-order valence-corrected chi connectivity index (χ2v) is 8.82. The van der Waals surface area contributed by atoms with Crippen molar-refractivity contribution in [3.8, 4) is 0 Å². The van der Waals surface area contributed by atoms with E-state index in [4.69, 9.17) is 78.5 Å². The highest BCUT2D eigenvalue weighted by molar-refractivity contribution is 4.45. The van der Waals surface area contributed by atoms with Gasteiger partial charge in [-0.05, 0) is 17.5 Å². The summed E-state index contributed by atoms with van der Waals surface area (Å²) in [5.74, 6) is 0. The largest absolute Gasteiger partial charge is 0.394 e. The maximum Gasteiger partial charge on any atom is 0.0701 e. The third-order valence-corrected chi connectivity index (χ3v) is 4.83. The van der Waals surface area contributed by atoms with Crippen LogP contribution in [0, 0.1) is 0 Å². The highest BCUT2D eigenvalue weighted by Crippen LogP contribution is 1.86. The molecule has 0 unspecified atom stereocenters. The van der Waals surface area contributed by atoms with Gasteiger partial charge in [0.15, 0.2) is 0 Å². The quantitative estimate of drug-likeness (QED) is 0.0350. The molecule has 0 aliphatic heterocycles. The molecule has 0 saturated carbocycles. The van der Waals surface area contributed by atoms with Gasteiger partial charge in [-0.25, -0.2) is 0 Å². The minimum atomic E-state index is 0.0286. The maximum absolute atomic E-state index is 8.49. The van der Waals surface area contributed by atoms with E-state index in [-0.39, 0.29) is 19.8 Å². The molecule has 20 heteroatoms. The average Bonchev–Trinajstić information content (AvgIpc) is 3.12. The van der Waals surface area contributed by atoms with Crippen molar-refractivity contribution in [3.05, 3.63) is 20.9 Å². The first-order valence-corrected chi connectivity index (χ1v) is 16.4. The lowest BCUT2D eigenvalue weighted by Gasteiger charge is -2.08. The fourth-order valence-electron chi connectivity index (χ4n) is 2.70. The van der Waals surface area contributed by atoms with E-state index in [9.17, 15) is 0 Å². The summed E-state index contributed by atoms with van der Waals surface area (Å²) in [5, 5.41) is 31.7. The molecule has 20 nitrogen and oxygen atoms in total. The number of hydrogen-bond acceptors (Lipinski definition) is 16. The fourth-order valence-corrected chi connectivity index (χ4v) is 2.70. The monoisotopic (exact) mass is 718 g/mol. The number of rotatable bonds is 38. The minimum Gasteiger partial charge on any atom is -0.394 e. The van der Waals surface area contributed by atoms with Crippen LogP contribution in [-0.2, 0) is 52.1 Å². The molecule has 0 amide bonds. The van der Waals surface area contributed by atoms with Gasteiger partial charge in [0.2, 0.25) is 0 Å². The van der Waals surface area contributed by atoms with E-state index in [0.29, 0.717) is 152 Å². The van der Waals surface area contributed by atoms with Crippen molar-refractivity contribution in [2.24, 2.45) is 10.2 Å². The maximum atomic E-state index is 8.49. The topological polar surface area (TPSA) is 260 Å². The average molecular weight is 719 g/mol. The number of hydrogen-bond donors (Lipinski definition) is 3. The lowest BCUT2D eigenvalue weighted by molar-refractivity contribution is -0.0178. The van der Waals surface area contributed by atoms with Crippen LogP contribution < -0.4 is 0 Å². The molecule has 0 aliphatic carbocycles. The third-order valence-electron chi connectivity index (χ3n) is 4.83. The summed E-state index contributed by atoms with van der Waals surface area (Å²) >= 11 is 0. The zero-order chi connectivity index (χ0) is 36.4. The predicted octanol–water partition coefficient (Wildman–Crippen LogP) is 1.15. The van der Waals surface area contributed by atoms with Gasteiger partial charge < -0.3 is 67.4 Å². The molecule has 3 N–H and O–H groups in total. The Morgan fingerprint density at radius 3 is 0.755 bits per heavy atom. The minimum absolute atomic E-state index is 0.0286. The van der Waals surface area contributed by atoms with Gasteiger partial charge in [-0.2, -0.15) is 0 Å². The van der Waals surface area contributed by atoms with E-state index in [1.54, 1.807) is 0 Å². The molecule has 0 aromatic carbocycles. The van der Waals surface area contributed by atoms with E-state index in [0.717, 1.165) is 13.0 Å². The molecule has 0 aromatic heterocycles. The van der Waals surface area contributed by atoms with E-state index in [1.165, 1.54) is 0 Å². The molecule has 0 atom stereocenters. The van der Waals surface area contributed by atoms with Crippen LogP contribution in [0.15, 0.2) is 10.2 Å². The number of aliphatic hydroxyl groups is 3. The summed E-state index contributed by atoms with van der Waals surface area (Å²) in [5.41, 5.74) is 16.0. The van der Waals surface area contributed by atoms with Crippen LogP contribution in [0.5, 0.6) is 0 Å². The summed E-state index contributed by atoms with van der Waals surface area (Å²) in [6.45, 7) is 13.7. The van der Waals surface area contributed by atoms with Crippen LogP contribution >= 0.6 is 0 Å². The molecule has 292 valence electrons. The van der Waals surface area contributed by atoms with Crippen LogP contribution in [-0.4, -0.2) is 194 Å². The van der Waals surface area contributed by atoms with Crippen LogP contribution in [0.4, 0.5) is 0 Å². The van der Waals surface area contributed by atoms with Crippen molar-refractivity contribution in [2.75, 3.05) is 178 Å². The Hall–Kier alpha value is -1.94. The van der Waals surface area contributed by atoms with Crippen molar-refractivity contribution < 1.29 is 67.4 Å². The summed E-state index contributed by atoms with van der Waals surface area (Å²) in [6, 6.07) is 0. The van der Waals surface area contributed by atoms with Gasteiger partial charge in [0.1, 0.15) is 0 Å². The zero-order valence-electron chi connectivity index (χ0n) is 29.3. The molecule has 0 bridgehead atoms.